The van der Waals surface area contributed by atoms with Crippen molar-refractivity contribution >= 4 is 0 Å². The predicted molar refractivity (Wildman–Crippen MR) is 200 cm³/mol. The number of hydrogen-bond donors (Lipinski definition) is 0. The molecule has 0 aliphatic carbocycles. The number of hydrogen-bond acceptors (Lipinski definition) is 0. The van der Waals surface area contributed by atoms with Crippen molar-refractivity contribution in [3.63, 3.8) is 0 Å². The van der Waals surface area contributed by atoms with Gasteiger partial charge in [-0.1, -0.05) is 222 Å². The average Bonchev–Trinajstić information content (AvgIpc) is 2.96. The SMILES string of the molecule is CCCCCCCCCCCC(CCCCCCCC(C)C)[C](CCCCCCCC(C)C)CCCCCCCC(C)C. The number of unbranched alkanes of at least 4 members (excludes halogenated alkanes) is 20. The van der Waals surface area contributed by atoms with Crippen LogP contribution < -0.4 is 0 Å². The molecule has 0 rings (SSSR count). The molecule has 0 heterocycles. The smallest absolute Gasteiger partial charge is 0.0210 e. The van der Waals surface area contributed by atoms with Gasteiger partial charge in [0.25, 0.3) is 0 Å². The monoisotopic (exact) mass is 604 g/mol. The van der Waals surface area contributed by atoms with E-state index in [2.05, 4.69) is 48.5 Å². The molecule has 0 saturated carbocycles. The summed E-state index contributed by atoms with van der Waals surface area (Å²) in [6.45, 7) is 16.6. The number of rotatable bonds is 35. The van der Waals surface area contributed by atoms with Crippen molar-refractivity contribution in [1.29, 1.82) is 0 Å². The van der Waals surface area contributed by atoms with Crippen LogP contribution in [-0.4, -0.2) is 0 Å². The van der Waals surface area contributed by atoms with Gasteiger partial charge in [-0.25, -0.2) is 0 Å². The Labute approximate surface area is 276 Å². The Morgan fingerprint density at radius 2 is 0.558 bits per heavy atom. The van der Waals surface area contributed by atoms with Gasteiger partial charge in [0, 0.05) is 0 Å². The first-order valence-corrected chi connectivity index (χ1v) is 20.7. The van der Waals surface area contributed by atoms with E-state index >= 15 is 0 Å². The summed E-state index contributed by atoms with van der Waals surface area (Å²) >= 11 is 0. The van der Waals surface area contributed by atoms with Crippen molar-refractivity contribution in [3.8, 4) is 0 Å². The van der Waals surface area contributed by atoms with Crippen molar-refractivity contribution in [2.75, 3.05) is 0 Å². The van der Waals surface area contributed by atoms with Crippen molar-refractivity contribution < 1.29 is 0 Å². The van der Waals surface area contributed by atoms with Crippen LogP contribution in [0.4, 0.5) is 0 Å². The van der Waals surface area contributed by atoms with Crippen molar-refractivity contribution in [2.24, 2.45) is 23.7 Å². The molecule has 0 saturated heterocycles. The Hall–Kier alpha value is 0. The normalized spacial score (nSPS) is 12.9. The fourth-order valence-corrected chi connectivity index (χ4v) is 7.13. The van der Waals surface area contributed by atoms with Crippen LogP contribution in [0, 0.1) is 29.6 Å². The summed E-state index contributed by atoms with van der Waals surface area (Å²) < 4.78 is 0. The lowest BCUT2D eigenvalue weighted by Crippen LogP contribution is -2.14. The second-order valence-corrected chi connectivity index (χ2v) is 16.1. The Kier molecular flexibility index (Phi) is 33.4. The summed E-state index contributed by atoms with van der Waals surface area (Å²) in [5, 5.41) is 0. The zero-order valence-electron chi connectivity index (χ0n) is 31.7. The topological polar surface area (TPSA) is 0 Å². The highest BCUT2D eigenvalue weighted by Crippen LogP contribution is 2.35. The molecule has 0 heteroatoms. The van der Waals surface area contributed by atoms with Crippen LogP contribution in [0.2, 0.25) is 0 Å². The molecule has 0 bridgehead atoms. The van der Waals surface area contributed by atoms with Crippen LogP contribution in [0.15, 0.2) is 0 Å². The molecule has 0 aliphatic heterocycles. The molecule has 0 aromatic carbocycles. The summed E-state index contributed by atoms with van der Waals surface area (Å²) in [5.74, 6) is 5.58. The Balaban J connectivity index is 4.81. The minimum atomic E-state index is 0.877. The van der Waals surface area contributed by atoms with Gasteiger partial charge in [-0.15, -0.1) is 0 Å². The molecular weight excluding hydrogens is 516 g/mol. The standard InChI is InChI=1S/C43H87/c1-8-9-10-11-12-13-14-21-28-35-42(36-29-22-15-18-25-32-39(2)3)43(37-30-23-16-19-26-33-40(4)5)38-31-24-17-20-27-34-41(6)7/h39-42H,8-38H2,1-7H3. The van der Waals surface area contributed by atoms with E-state index in [-0.39, 0.29) is 0 Å². The zero-order chi connectivity index (χ0) is 31.8. The lowest BCUT2D eigenvalue weighted by Gasteiger charge is -2.28. The molecule has 0 aromatic heterocycles. The first-order valence-electron chi connectivity index (χ1n) is 20.7. The first-order chi connectivity index (χ1) is 20.9. The highest BCUT2D eigenvalue weighted by atomic mass is 14.3. The fraction of sp³-hybridized carbons (Fsp3) is 0.977. The van der Waals surface area contributed by atoms with E-state index in [0.717, 1.165) is 23.7 Å². The molecule has 43 heavy (non-hydrogen) atoms. The highest BCUT2D eigenvalue weighted by molar-refractivity contribution is 4.96. The third-order valence-corrected chi connectivity index (χ3v) is 10.1. The molecule has 0 aromatic rings. The Bertz CT molecular complexity index is 480. The zero-order valence-corrected chi connectivity index (χ0v) is 31.7. The maximum absolute atomic E-state index is 2.38. The summed E-state index contributed by atoms with van der Waals surface area (Å²) in [7, 11) is 0. The Morgan fingerprint density at radius 1 is 0.302 bits per heavy atom. The third-order valence-electron chi connectivity index (χ3n) is 10.1. The molecule has 1 radical (unpaired) electrons. The molecule has 0 nitrogen and oxygen atoms in total. The predicted octanol–water partition coefficient (Wildman–Crippen LogP) is 16.3. The fourth-order valence-electron chi connectivity index (χ4n) is 7.13. The van der Waals surface area contributed by atoms with E-state index in [4.69, 9.17) is 0 Å². The second kappa shape index (κ2) is 33.4. The molecule has 1 unspecified atom stereocenters. The Morgan fingerprint density at radius 3 is 0.860 bits per heavy atom. The van der Waals surface area contributed by atoms with E-state index in [0.29, 0.717) is 0 Å². The lowest BCUT2D eigenvalue weighted by molar-refractivity contribution is 0.370. The maximum atomic E-state index is 2.38. The third kappa shape index (κ3) is 33.2. The first kappa shape index (κ1) is 43.0. The highest BCUT2D eigenvalue weighted by Gasteiger charge is 2.21. The van der Waals surface area contributed by atoms with Gasteiger partial charge in [0.1, 0.15) is 0 Å². The second-order valence-electron chi connectivity index (χ2n) is 16.1. The van der Waals surface area contributed by atoms with Crippen LogP contribution in [0.5, 0.6) is 0 Å². The summed E-state index contributed by atoms with van der Waals surface area (Å²) in [6, 6.07) is 0. The molecule has 259 valence electrons. The van der Waals surface area contributed by atoms with Crippen LogP contribution in [0.25, 0.3) is 0 Å². The summed E-state index contributed by atoms with van der Waals surface area (Å²) in [6.07, 6.45) is 45.3. The summed E-state index contributed by atoms with van der Waals surface area (Å²) in [5.41, 5.74) is 0. The van der Waals surface area contributed by atoms with E-state index in [1.54, 1.807) is 0 Å². The largest absolute Gasteiger partial charge is 0.0654 e. The van der Waals surface area contributed by atoms with Crippen LogP contribution >= 0.6 is 0 Å². The van der Waals surface area contributed by atoms with Crippen LogP contribution in [0.3, 0.4) is 0 Å². The van der Waals surface area contributed by atoms with Crippen molar-refractivity contribution in [3.05, 3.63) is 5.92 Å². The maximum Gasteiger partial charge on any atom is -0.0210 e. The van der Waals surface area contributed by atoms with Crippen LogP contribution in [-0.2, 0) is 0 Å². The quantitative estimate of drug-likeness (QED) is 0.0632. The average molecular weight is 604 g/mol. The molecule has 0 aliphatic rings. The molecule has 0 fully saturated rings. The molecular formula is C43H87. The van der Waals surface area contributed by atoms with Gasteiger partial charge >= 0.3 is 0 Å². The van der Waals surface area contributed by atoms with Gasteiger partial charge in [0.15, 0.2) is 0 Å². The lowest BCUT2D eigenvalue weighted by atomic mass is 9.78. The van der Waals surface area contributed by atoms with Gasteiger partial charge in [0.05, 0.1) is 0 Å². The van der Waals surface area contributed by atoms with Gasteiger partial charge in [-0.3, -0.25) is 0 Å². The van der Waals surface area contributed by atoms with Crippen molar-refractivity contribution in [1.82, 2.24) is 0 Å². The molecule has 0 N–H and O–H groups in total. The van der Waals surface area contributed by atoms with E-state index in [1.807, 2.05) is 5.92 Å². The van der Waals surface area contributed by atoms with Gasteiger partial charge in [-0.05, 0) is 55.3 Å². The van der Waals surface area contributed by atoms with Crippen molar-refractivity contribution in [2.45, 2.75) is 248 Å². The van der Waals surface area contributed by atoms with Gasteiger partial charge in [-0.2, -0.15) is 0 Å². The molecule has 1 atom stereocenters. The van der Waals surface area contributed by atoms with Gasteiger partial charge in [0.2, 0.25) is 0 Å². The molecule has 0 amide bonds. The van der Waals surface area contributed by atoms with Gasteiger partial charge < -0.3 is 0 Å². The minimum Gasteiger partial charge on any atom is -0.0654 e. The molecule has 0 spiro atoms. The van der Waals surface area contributed by atoms with E-state index in [1.165, 1.54) is 199 Å². The minimum absolute atomic E-state index is 0.877. The van der Waals surface area contributed by atoms with E-state index < -0.39 is 0 Å². The summed E-state index contributed by atoms with van der Waals surface area (Å²) in [4.78, 5) is 0. The van der Waals surface area contributed by atoms with Crippen LogP contribution in [0.1, 0.15) is 248 Å². The van der Waals surface area contributed by atoms with E-state index in [9.17, 15) is 0 Å².